The normalized spacial score (nSPS) is 21.6. The summed E-state index contributed by atoms with van der Waals surface area (Å²) in [4.78, 5) is 10.6. The van der Waals surface area contributed by atoms with Gasteiger partial charge in [-0.25, -0.2) is 9.97 Å². The van der Waals surface area contributed by atoms with Crippen molar-refractivity contribution in [1.82, 2.24) is 9.97 Å². The van der Waals surface area contributed by atoms with Gasteiger partial charge in [0.2, 0.25) is 0 Å². The first-order valence-corrected chi connectivity index (χ1v) is 41.3. The number of hydrogen-bond acceptors (Lipinski definition) is 10. The largest absolute Gasteiger partial charge is 0.494 e. The third-order valence-electron chi connectivity index (χ3n) is 27.4. The van der Waals surface area contributed by atoms with Gasteiger partial charge >= 0.3 is 28.5 Å². The van der Waals surface area contributed by atoms with Crippen molar-refractivity contribution >= 4 is 72.1 Å². The Labute approximate surface area is 671 Å². The summed E-state index contributed by atoms with van der Waals surface area (Å²) in [6, 6.07) is 66.8. The van der Waals surface area contributed by atoms with Crippen LogP contribution in [-0.4, -0.2) is 83.2 Å². The van der Waals surface area contributed by atoms with Gasteiger partial charge in [0.25, 0.3) is 0 Å². The lowest BCUT2D eigenvalue weighted by atomic mass is 9.49. The van der Waals surface area contributed by atoms with Crippen LogP contribution >= 0.6 is 0 Å². The molecule has 15 rings (SSSR count). The van der Waals surface area contributed by atoms with Crippen LogP contribution in [0.5, 0.6) is 0 Å². The summed E-state index contributed by atoms with van der Waals surface area (Å²) in [5, 5.41) is 2.18. The third kappa shape index (κ3) is 14.8. The highest BCUT2D eigenvalue weighted by molar-refractivity contribution is 6.63. The summed E-state index contributed by atoms with van der Waals surface area (Å²) < 4.78 is 51.7. The lowest BCUT2D eigenvalue weighted by Crippen LogP contribution is -2.50. The summed E-state index contributed by atoms with van der Waals surface area (Å²) in [6.45, 7) is 57.0. The molecule has 0 saturated carbocycles. The van der Waals surface area contributed by atoms with E-state index in [9.17, 15) is 0 Å². The molecule has 1 aliphatic carbocycles. The number of pyridine rings is 2. The molecule has 4 fully saturated rings. The van der Waals surface area contributed by atoms with Crippen molar-refractivity contribution < 1.29 is 37.2 Å². The van der Waals surface area contributed by atoms with Crippen molar-refractivity contribution in [3.8, 4) is 67.0 Å². The first kappa shape index (κ1) is 81.1. The van der Waals surface area contributed by atoms with E-state index in [0.29, 0.717) is 0 Å². The van der Waals surface area contributed by atoms with E-state index < -0.39 is 36.6 Å². The van der Waals surface area contributed by atoms with E-state index in [1.54, 1.807) is 0 Å². The second-order valence-electron chi connectivity index (χ2n) is 39.3. The Morgan fingerprint density at radius 2 is 0.536 bits per heavy atom. The molecule has 2 atom stereocenters. The van der Waals surface area contributed by atoms with Crippen LogP contribution in [-0.2, 0) is 58.9 Å². The molecular weight excluding hydrogens is 1380 g/mol. The van der Waals surface area contributed by atoms with Gasteiger partial charge in [-0.2, -0.15) is 0 Å². The van der Waals surface area contributed by atoms with E-state index in [-0.39, 0.29) is 58.3 Å². The number of benzene rings is 8. The van der Waals surface area contributed by atoms with Crippen molar-refractivity contribution in [3.63, 3.8) is 0 Å². The molecule has 4 saturated heterocycles. The molecule has 4 aliphatic heterocycles. The molecule has 0 amide bonds. The van der Waals surface area contributed by atoms with Gasteiger partial charge in [-0.15, -0.1) is 0 Å². The Kier molecular flexibility index (Phi) is 20.8. The minimum absolute atomic E-state index is 0.0368. The fourth-order valence-corrected chi connectivity index (χ4v) is 16.7. The van der Waals surface area contributed by atoms with Crippen molar-refractivity contribution in [3.05, 3.63) is 204 Å². The van der Waals surface area contributed by atoms with Gasteiger partial charge in [0.1, 0.15) is 0 Å². The van der Waals surface area contributed by atoms with Crippen molar-refractivity contribution in [2.75, 3.05) is 0 Å². The van der Waals surface area contributed by atoms with Crippen molar-refractivity contribution in [1.29, 1.82) is 0 Å². The average Bonchev–Trinajstić information content (AvgIpc) is 1.05. The van der Waals surface area contributed by atoms with E-state index in [4.69, 9.17) is 47.2 Å². The Morgan fingerprint density at radius 1 is 0.277 bits per heavy atom. The molecule has 0 N–H and O–H groups in total. The number of rotatable bonds is 15. The van der Waals surface area contributed by atoms with Gasteiger partial charge in [-0.1, -0.05) is 241 Å². The first-order chi connectivity index (χ1) is 52.3. The minimum atomic E-state index is -0.427. The van der Waals surface area contributed by atoms with Crippen LogP contribution < -0.4 is 21.9 Å². The zero-order chi connectivity index (χ0) is 80.7. The van der Waals surface area contributed by atoms with Gasteiger partial charge < -0.3 is 37.2 Å². The van der Waals surface area contributed by atoms with Crippen molar-refractivity contribution in [2.24, 2.45) is 0 Å². The molecule has 10 aromatic rings. The lowest BCUT2D eigenvalue weighted by Gasteiger charge is -2.53. The average molecular weight is 1500 g/mol. The third-order valence-corrected chi connectivity index (χ3v) is 27.4. The monoisotopic (exact) mass is 1500 g/mol. The van der Waals surface area contributed by atoms with E-state index in [1.165, 1.54) is 59.1 Å². The van der Waals surface area contributed by atoms with E-state index in [0.717, 1.165) is 112 Å². The molecule has 582 valence electrons. The van der Waals surface area contributed by atoms with Crippen LogP contribution in [0.3, 0.4) is 0 Å². The van der Waals surface area contributed by atoms with Gasteiger partial charge in [0.15, 0.2) is 0 Å². The minimum Gasteiger partial charge on any atom is -0.399 e. The van der Waals surface area contributed by atoms with E-state index in [2.05, 4.69) is 362 Å². The van der Waals surface area contributed by atoms with Crippen molar-refractivity contribution in [2.45, 2.75) is 285 Å². The number of unbranched alkanes of at least 4 members (excludes halogenated alkanes) is 2. The maximum Gasteiger partial charge on any atom is 0.494 e. The quantitative estimate of drug-likeness (QED) is 0.0923. The second-order valence-corrected chi connectivity index (χ2v) is 39.3. The number of nitrogens with zero attached hydrogens (tertiary/aromatic N) is 2. The first-order valence-electron chi connectivity index (χ1n) is 41.3. The number of aromatic nitrogens is 2. The maximum atomic E-state index is 6.53. The smallest absolute Gasteiger partial charge is 0.399 e. The highest BCUT2D eigenvalue weighted by atomic mass is 16.7. The Bertz CT molecular complexity index is 4800. The lowest BCUT2D eigenvalue weighted by molar-refractivity contribution is 0.00578. The summed E-state index contributed by atoms with van der Waals surface area (Å²) in [5.41, 5.74) is 21.7. The molecule has 0 radical (unpaired) electrons. The molecule has 10 nitrogen and oxygen atoms in total. The SMILES string of the molecule is CC(C)(C)c1ccc(-c2cc(-c3ccc(B4OC(C)(C)C(C)(C)O4)cc3)nc3ccc(-c4ccc5nc(-c6ccc(B7OC(C)(C)C(C)(C)O7)cc6)cc(-c6ccc(C(C)(C)C)cc6)c5c4)cc23)cc1.CCCCC1(C)c2cc(B3OC(C)(C)C(C)(C)O3)ccc2-c2ccc(B3OC(C)(C)C(C)(C)O3)cc2C1(C)CCCC. The van der Waals surface area contributed by atoms with Gasteiger partial charge in [0, 0.05) is 32.7 Å². The fraction of sp³-hybridized carbons (Fsp3) is 0.449. The van der Waals surface area contributed by atoms with Crippen LogP contribution in [0.15, 0.2) is 182 Å². The fourth-order valence-electron chi connectivity index (χ4n) is 16.7. The Balaban J connectivity index is 0.000000212. The van der Waals surface area contributed by atoms with Crippen LogP contribution in [0.1, 0.15) is 241 Å². The van der Waals surface area contributed by atoms with Gasteiger partial charge in [-0.3, -0.25) is 0 Å². The van der Waals surface area contributed by atoms with Gasteiger partial charge in [-0.05, 0) is 259 Å². The summed E-state index contributed by atoms with van der Waals surface area (Å²) in [6.07, 6.45) is 6.97. The summed E-state index contributed by atoms with van der Waals surface area (Å²) >= 11 is 0. The highest BCUT2D eigenvalue weighted by Gasteiger charge is 2.57. The molecule has 5 aliphatic rings. The number of hydrogen-bond donors (Lipinski definition) is 0. The van der Waals surface area contributed by atoms with Gasteiger partial charge in [0.05, 0.1) is 67.2 Å². The second kappa shape index (κ2) is 28.8. The highest BCUT2D eigenvalue weighted by Crippen LogP contribution is 2.59. The zero-order valence-electron chi connectivity index (χ0n) is 72.0. The molecule has 6 heterocycles. The summed E-state index contributed by atoms with van der Waals surface area (Å²) in [5.74, 6) is 0. The summed E-state index contributed by atoms with van der Waals surface area (Å²) in [7, 11) is -1.60. The molecule has 0 bridgehead atoms. The van der Waals surface area contributed by atoms with Crippen LogP contribution in [0.2, 0.25) is 0 Å². The van der Waals surface area contributed by atoms with E-state index >= 15 is 0 Å². The molecule has 112 heavy (non-hydrogen) atoms. The Morgan fingerprint density at radius 3 is 0.812 bits per heavy atom. The standard InChI is InChI=1S/C62H66B2N2O4.C36H54B2O4/c1-57(2,3)45-25-15-39(16-26-45)49-37-55(41-19-29-47(30-20-41)63-67-59(7,8)60(9,10)68-63)65-53-33-23-43(35-51(49)53)44-24-34-54-52(36-44)50(40-17-27-46(28-18-40)58(4,5)6)38-56(66-54)42-21-31-48(32-22-42)64-69-61(11,12)62(13,14)70-64;1-13-15-21-35(11)29-23-25(37-39-31(3,4)32(5,6)40-37)17-19-27(29)28-20-18-26(24-30(28)36(35,12)22-16-14-2)38-41-33(7,8)34(9,10)42-38/h15-38H,1-14H3;17-20,23-24H,13-16,21-22H2,1-12H3. The van der Waals surface area contributed by atoms with Crippen LogP contribution in [0.4, 0.5) is 0 Å². The molecular formula is C98H120B4N2O8. The zero-order valence-corrected chi connectivity index (χ0v) is 72.0. The predicted octanol–water partition coefficient (Wildman–Crippen LogP) is 22.2. The van der Waals surface area contributed by atoms with Crippen LogP contribution in [0, 0.1) is 0 Å². The Hall–Kier alpha value is -7.48. The molecule has 0 spiro atoms. The van der Waals surface area contributed by atoms with E-state index in [1.807, 2.05) is 0 Å². The maximum absolute atomic E-state index is 6.53. The topological polar surface area (TPSA) is 99.6 Å². The molecule has 2 unspecified atom stereocenters. The number of fused-ring (bicyclic) bond motifs is 5. The predicted molar refractivity (Wildman–Crippen MR) is 470 cm³/mol. The molecule has 2 aromatic heterocycles. The molecule has 8 aromatic carbocycles. The van der Waals surface area contributed by atoms with Crippen LogP contribution in [0.25, 0.3) is 88.8 Å². The molecule has 14 heteroatoms.